The normalized spacial score (nSPS) is 20.2. The van der Waals surface area contributed by atoms with Gasteiger partial charge in [-0.05, 0) is 318 Å². The van der Waals surface area contributed by atoms with Crippen molar-refractivity contribution in [3.8, 4) is 0 Å². The Kier molecular flexibility index (Phi) is 20.5. The van der Waals surface area contributed by atoms with E-state index in [-0.39, 0.29) is 0 Å². The van der Waals surface area contributed by atoms with Crippen LogP contribution >= 0.6 is 0 Å². The molecule has 24 rings (SSSR count). The third kappa shape index (κ3) is 14.3. The molecular weight excluding hydrogens is 1420 g/mol. The zero-order valence-corrected chi connectivity index (χ0v) is 67.1. The molecule has 4 saturated heterocycles. The Hall–Kier alpha value is -10.6. The van der Waals surface area contributed by atoms with Crippen LogP contribution in [-0.4, -0.2) is 118 Å². The molecule has 0 radical (unpaired) electrons. The minimum absolute atomic E-state index is 0.315. The van der Waals surface area contributed by atoms with Crippen molar-refractivity contribution in [3.05, 3.63) is 311 Å². The molecule has 116 heavy (non-hydrogen) atoms. The Morgan fingerprint density at radius 3 is 1.18 bits per heavy atom. The summed E-state index contributed by atoms with van der Waals surface area (Å²) < 4.78 is 2.50. The molecule has 0 bridgehead atoms. The van der Waals surface area contributed by atoms with Crippen LogP contribution in [-0.2, 0) is 25.8 Å². The van der Waals surface area contributed by atoms with Crippen molar-refractivity contribution in [2.24, 2.45) is 5.92 Å². The predicted molar refractivity (Wildman–Crippen MR) is 477 cm³/mol. The first-order chi connectivity index (χ1) is 57.5. The lowest BCUT2D eigenvalue weighted by atomic mass is 9.87. The number of fused-ring (bicyclic) bond motifs is 5. The molecule has 3 N–H and O–H groups in total. The van der Waals surface area contributed by atoms with E-state index in [1.807, 2.05) is 36.9 Å². The topological polar surface area (TPSA) is 117 Å². The lowest BCUT2D eigenvalue weighted by molar-refractivity contribution is 0.155. The number of aromatic amines is 3. The van der Waals surface area contributed by atoms with E-state index in [4.69, 9.17) is 4.98 Å². The highest BCUT2D eigenvalue weighted by molar-refractivity contribution is 5.94. The second-order valence-electron chi connectivity index (χ2n) is 35.1. The van der Waals surface area contributed by atoms with Crippen molar-refractivity contribution >= 4 is 87.2 Å². The van der Waals surface area contributed by atoms with Gasteiger partial charge in [-0.25, -0.2) is 19.9 Å². The summed E-state index contributed by atoms with van der Waals surface area (Å²) in [7, 11) is 0. The number of hydrogen-bond acceptors (Lipinski definition) is 8. The van der Waals surface area contributed by atoms with Gasteiger partial charge in [-0.2, -0.15) is 0 Å². The number of nitrogens with zero attached hydrogens (tertiary/aromatic N) is 9. The van der Waals surface area contributed by atoms with Crippen molar-refractivity contribution < 1.29 is 0 Å². The van der Waals surface area contributed by atoms with Crippen LogP contribution in [0.15, 0.2) is 250 Å². The minimum atomic E-state index is 0.315. The standard InChI is InChI=1S/C36H31N3.C24H23N3.C23H23N3.C21H31N3/c1-6-24-8-3-12-29-32(20-26(10-1)34(24)29)38-18-15-23(16-19-38)31-22-39(36-28(31)14-5-17-37-36)33-21-27-11-2-7-25-9-4-13-30(33)35(25)27;1-4-17-5-2-7-20-22(14-18(6-1)23(17)20)27-12-9-16(10-13-27)21-15-26-24-19(21)8-3-11-25-24;1-2-8-20-17(5-1)6-3-7-19(20)16-26-13-10-18(11-14-26)22-15-25-23-21(22)9-4-12-24-23;1-2-4-7-17(8-5-3-1)16-24-13-10-18(11-14-24)20-15-23-21-19(20)9-6-12-22-21/h1-14,17,22-23,32-33H,15-16,18-21H2;1-8,11,15-16,22H,9-10,12-14H2,(H,25,26);1-9,12,15,18H,10-11,13-14,16H2,(H,24,25);6,9,12,15,17-18H,1-5,7-8,10-11,13-14,16H2,(H,22,23). The third-order valence-electron chi connectivity index (χ3n) is 28.7. The molecule has 8 aromatic heterocycles. The zero-order chi connectivity index (χ0) is 76.8. The molecular formula is C104H108N12. The molecule has 3 unspecified atom stereocenters. The number of benzene rings is 8. The van der Waals surface area contributed by atoms with E-state index >= 15 is 0 Å². The van der Waals surface area contributed by atoms with Crippen LogP contribution in [0, 0.1) is 5.92 Å². The molecule has 12 nitrogen and oxygen atoms in total. The minimum Gasteiger partial charge on any atom is -0.346 e. The Bertz CT molecular complexity index is 6140. The number of piperidine rings is 4. The average molecular weight is 1530 g/mol. The molecule has 16 aromatic rings. The summed E-state index contributed by atoms with van der Waals surface area (Å²) in [6, 6.07) is 74.8. The number of H-pyrrole nitrogens is 3. The number of nitrogens with one attached hydrogen (secondary N) is 3. The van der Waals surface area contributed by atoms with E-state index in [2.05, 4.69) is 267 Å². The van der Waals surface area contributed by atoms with E-state index in [1.165, 1.54) is 261 Å². The van der Waals surface area contributed by atoms with E-state index in [9.17, 15) is 0 Å². The maximum atomic E-state index is 4.94. The summed E-state index contributed by atoms with van der Waals surface area (Å²) in [5.41, 5.74) is 20.6. The fraction of sp³-hybridized carbons (Fsp3) is 0.346. The molecule has 0 amide bonds. The highest BCUT2D eigenvalue weighted by Gasteiger charge is 2.37. The summed E-state index contributed by atoms with van der Waals surface area (Å²) in [6.07, 6.45) is 40.1. The van der Waals surface area contributed by atoms with Gasteiger partial charge in [0.05, 0.1) is 6.04 Å². The van der Waals surface area contributed by atoms with Gasteiger partial charge in [0.2, 0.25) is 0 Å². The molecule has 584 valence electrons. The second-order valence-corrected chi connectivity index (χ2v) is 35.1. The maximum Gasteiger partial charge on any atom is 0.140 e. The van der Waals surface area contributed by atoms with Crippen LogP contribution in [0.1, 0.15) is 199 Å². The molecule has 1 saturated carbocycles. The Balaban J connectivity index is 0.0000000987. The van der Waals surface area contributed by atoms with Gasteiger partial charge in [-0.15, -0.1) is 0 Å². The van der Waals surface area contributed by atoms with Gasteiger partial charge in [0.15, 0.2) is 0 Å². The molecule has 5 fully saturated rings. The van der Waals surface area contributed by atoms with Crippen molar-refractivity contribution in [3.63, 3.8) is 0 Å². The van der Waals surface area contributed by atoms with Gasteiger partial charge in [-0.3, -0.25) is 14.7 Å². The molecule has 3 atom stereocenters. The molecule has 8 aliphatic rings. The van der Waals surface area contributed by atoms with Gasteiger partial charge in [0, 0.05) is 96.3 Å². The van der Waals surface area contributed by atoms with Crippen LogP contribution in [0.2, 0.25) is 0 Å². The van der Waals surface area contributed by atoms with Crippen molar-refractivity contribution in [1.82, 2.24) is 59.1 Å². The summed E-state index contributed by atoms with van der Waals surface area (Å²) in [4.78, 5) is 39.1. The van der Waals surface area contributed by atoms with Crippen LogP contribution in [0.4, 0.5) is 0 Å². The number of rotatable bonds is 11. The number of hydrogen-bond donors (Lipinski definition) is 3. The molecule has 4 aliphatic heterocycles. The van der Waals surface area contributed by atoms with Gasteiger partial charge >= 0.3 is 0 Å². The van der Waals surface area contributed by atoms with Crippen LogP contribution in [0.5, 0.6) is 0 Å². The Morgan fingerprint density at radius 1 is 0.302 bits per heavy atom. The highest BCUT2D eigenvalue weighted by atomic mass is 15.2. The van der Waals surface area contributed by atoms with E-state index in [1.54, 1.807) is 0 Å². The van der Waals surface area contributed by atoms with Gasteiger partial charge in [0.25, 0.3) is 0 Å². The van der Waals surface area contributed by atoms with E-state index < -0.39 is 0 Å². The van der Waals surface area contributed by atoms with Crippen molar-refractivity contribution in [1.29, 1.82) is 0 Å². The summed E-state index contributed by atoms with van der Waals surface area (Å²) in [5, 5.41) is 16.6. The fourth-order valence-corrected chi connectivity index (χ4v) is 22.8. The first-order valence-electron chi connectivity index (χ1n) is 44.1. The zero-order valence-electron chi connectivity index (χ0n) is 67.1. The van der Waals surface area contributed by atoms with Crippen LogP contribution in [0.25, 0.3) is 87.2 Å². The first kappa shape index (κ1) is 73.1. The summed E-state index contributed by atoms with van der Waals surface area (Å²) in [6.45, 7) is 11.9. The molecule has 8 aromatic carbocycles. The molecule has 4 aliphatic carbocycles. The van der Waals surface area contributed by atoms with Crippen LogP contribution in [0.3, 0.4) is 0 Å². The van der Waals surface area contributed by atoms with Crippen molar-refractivity contribution in [2.45, 2.75) is 164 Å². The van der Waals surface area contributed by atoms with Gasteiger partial charge < -0.3 is 24.4 Å². The largest absolute Gasteiger partial charge is 0.346 e. The third-order valence-corrected chi connectivity index (χ3v) is 28.7. The predicted octanol–water partition coefficient (Wildman–Crippen LogP) is 23.4. The molecule has 0 spiro atoms. The number of pyridine rings is 4. The fourth-order valence-electron chi connectivity index (χ4n) is 22.8. The van der Waals surface area contributed by atoms with Crippen LogP contribution < -0.4 is 0 Å². The quantitative estimate of drug-likeness (QED) is 0.117. The smallest absolute Gasteiger partial charge is 0.140 e. The lowest BCUT2D eigenvalue weighted by Crippen LogP contribution is -2.36. The second kappa shape index (κ2) is 32.5. The summed E-state index contributed by atoms with van der Waals surface area (Å²) >= 11 is 0. The Labute approximate surface area is 681 Å². The summed E-state index contributed by atoms with van der Waals surface area (Å²) in [5.74, 6) is 3.51. The van der Waals surface area contributed by atoms with E-state index in [0.29, 0.717) is 41.8 Å². The first-order valence-corrected chi connectivity index (χ1v) is 44.1. The molecule has 12 heterocycles. The highest BCUT2D eigenvalue weighted by Crippen LogP contribution is 2.48. The average Bonchev–Trinajstić information content (AvgIpc) is 1.57. The lowest BCUT2D eigenvalue weighted by Gasteiger charge is -2.36. The van der Waals surface area contributed by atoms with Crippen molar-refractivity contribution in [2.75, 3.05) is 58.9 Å². The van der Waals surface area contributed by atoms with E-state index in [0.717, 1.165) is 74.1 Å². The van der Waals surface area contributed by atoms with Gasteiger partial charge in [0.1, 0.15) is 22.6 Å². The maximum absolute atomic E-state index is 4.94. The SMILES string of the molecule is c1cc2c3c(cccc3c1)C(N1CCC(c3c[nH]c4ncccc34)CC1)C2.c1cc2c3c(cccc3c1)C(N1CCC(c3cn(C4Cc5cccc6cccc4c56)c4ncccc34)CC1)C2.c1ccc2c(CN3CCC(c4c[nH]c5ncccc45)CC3)cccc2c1.c1cnc2[nH]cc(C3CCN(CC4CCCCCCC4)CC3)c2c1. The number of likely N-dealkylation sites (tertiary alicyclic amines) is 4. The van der Waals surface area contributed by atoms with Gasteiger partial charge in [-0.1, -0.05) is 184 Å². The Morgan fingerprint density at radius 2 is 0.681 bits per heavy atom. The monoisotopic (exact) mass is 1520 g/mol. The number of aromatic nitrogens is 8. The molecule has 12 heteroatoms.